The van der Waals surface area contributed by atoms with Gasteiger partial charge in [-0.2, -0.15) is 5.26 Å². The van der Waals surface area contributed by atoms with Gasteiger partial charge in [-0.05, 0) is 51.0 Å². The van der Waals surface area contributed by atoms with Gasteiger partial charge in [-0.15, -0.1) is 0 Å². The maximum absolute atomic E-state index is 13.5. The van der Waals surface area contributed by atoms with Gasteiger partial charge in [0.1, 0.15) is 17.6 Å². The summed E-state index contributed by atoms with van der Waals surface area (Å²) in [6.07, 6.45) is 1.88. The van der Waals surface area contributed by atoms with Crippen LogP contribution in [0.1, 0.15) is 62.7 Å². The fourth-order valence-electron chi connectivity index (χ4n) is 5.13. The lowest BCUT2D eigenvalue weighted by Crippen LogP contribution is -2.47. The van der Waals surface area contributed by atoms with E-state index >= 15 is 0 Å². The fraction of sp³-hybridized carbons (Fsp3) is 0.400. The Hall–Kier alpha value is -2.95. The first-order valence-electron chi connectivity index (χ1n) is 10.9. The Labute approximate surface area is 188 Å². The molecule has 0 amide bonds. The molecule has 4 rings (SSSR count). The Morgan fingerprint density at radius 1 is 1.19 bits per heavy atom. The van der Waals surface area contributed by atoms with Gasteiger partial charge < -0.3 is 14.3 Å². The molecule has 32 heavy (non-hydrogen) atoms. The minimum Gasteiger partial charge on any atom is -0.507 e. The van der Waals surface area contributed by atoms with Crippen molar-refractivity contribution in [1.29, 1.82) is 5.26 Å². The second kappa shape index (κ2) is 7.57. The zero-order valence-electron chi connectivity index (χ0n) is 19.0. The Morgan fingerprint density at radius 2 is 1.91 bits per heavy atom. The largest absolute Gasteiger partial charge is 0.507 e. The molecule has 2 aliphatic rings. The first-order chi connectivity index (χ1) is 15.1. The molecule has 7 heteroatoms. The predicted molar refractivity (Wildman–Crippen MR) is 122 cm³/mol. The Morgan fingerprint density at radius 3 is 2.50 bits per heavy atom. The molecule has 0 radical (unpaired) electrons. The lowest BCUT2D eigenvalue weighted by Gasteiger charge is -2.44. The molecule has 2 aromatic rings. The number of carbonyl (C=O) groups excluding carboxylic acids is 2. The molecule has 2 unspecified atom stereocenters. The number of phenols is 1. The van der Waals surface area contributed by atoms with Crippen molar-refractivity contribution >= 4 is 19.9 Å². The maximum Gasteiger partial charge on any atom is 0.201 e. The summed E-state index contributed by atoms with van der Waals surface area (Å²) in [5.74, 6) is -0.821. The average molecular weight is 450 g/mol. The summed E-state index contributed by atoms with van der Waals surface area (Å²) in [6.45, 7) is 8.07. The van der Waals surface area contributed by atoms with Crippen LogP contribution in [0.4, 0.5) is 0 Å². The summed E-state index contributed by atoms with van der Waals surface area (Å²) in [6, 6.07) is 8.91. The lowest BCUT2D eigenvalue weighted by molar-refractivity contribution is 0.0352. The van der Waals surface area contributed by atoms with Gasteiger partial charge in [0.05, 0.1) is 18.2 Å². The molecular weight excluding hydrogens is 422 g/mol. The summed E-state index contributed by atoms with van der Waals surface area (Å²) in [5, 5.41) is 21.7. The summed E-state index contributed by atoms with van der Waals surface area (Å²) in [4.78, 5) is 26.9. The molecular formula is C25H27NO5Si. The zero-order valence-corrected chi connectivity index (χ0v) is 20.0. The first-order valence-corrected chi connectivity index (χ1v) is 14.3. The van der Waals surface area contributed by atoms with Gasteiger partial charge in [0.2, 0.25) is 5.78 Å². The number of methoxy groups -OCH3 is 1. The van der Waals surface area contributed by atoms with Gasteiger partial charge in [-0.1, -0.05) is 19.1 Å². The number of carbonyl (C=O) groups is 2. The SMILES string of the molecule is CCC1CCc2c(cc3c(c2O)C(=O)c2c(OC)cccc2C3=O)C1(C#N)O[Si](C)(C)C. The maximum atomic E-state index is 13.5. The highest BCUT2D eigenvalue weighted by atomic mass is 28.4. The highest BCUT2D eigenvalue weighted by molar-refractivity contribution is 6.69. The molecule has 1 N–H and O–H groups in total. The minimum atomic E-state index is -2.19. The van der Waals surface area contributed by atoms with Crippen molar-refractivity contribution in [1.82, 2.24) is 0 Å². The van der Waals surface area contributed by atoms with Gasteiger partial charge in [-0.3, -0.25) is 9.59 Å². The average Bonchev–Trinajstić information content (AvgIpc) is 2.76. The molecule has 0 spiro atoms. The smallest absolute Gasteiger partial charge is 0.201 e. The van der Waals surface area contributed by atoms with Gasteiger partial charge in [0.25, 0.3) is 0 Å². The van der Waals surface area contributed by atoms with Gasteiger partial charge >= 0.3 is 0 Å². The minimum absolute atomic E-state index is 0.0134. The summed E-state index contributed by atoms with van der Waals surface area (Å²) < 4.78 is 11.8. The van der Waals surface area contributed by atoms with E-state index in [1.54, 1.807) is 24.3 Å². The number of hydrogen-bond acceptors (Lipinski definition) is 6. The number of benzene rings is 2. The van der Waals surface area contributed by atoms with Crippen LogP contribution in [0.15, 0.2) is 24.3 Å². The molecule has 2 atom stereocenters. The third-order valence-electron chi connectivity index (χ3n) is 6.44. The van der Waals surface area contributed by atoms with Crippen molar-refractivity contribution in [2.75, 3.05) is 7.11 Å². The van der Waals surface area contributed by atoms with Crippen LogP contribution in [0.3, 0.4) is 0 Å². The third kappa shape index (κ3) is 3.09. The van der Waals surface area contributed by atoms with Crippen molar-refractivity contribution < 1.29 is 23.9 Å². The van der Waals surface area contributed by atoms with Crippen LogP contribution in [-0.4, -0.2) is 32.1 Å². The number of aromatic hydroxyl groups is 1. The summed E-state index contributed by atoms with van der Waals surface area (Å²) in [5.41, 5.74) is 0.268. The molecule has 0 saturated heterocycles. The molecule has 0 bridgehead atoms. The molecule has 2 aliphatic carbocycles. The molecule has 0 heterocycles. The Bertz CT molecular complexity index is 1190. The van der Waals surface area contributed by atoms with Crippen molar-refractivity contribution in [3.05, 3.63) is 57.6 Å². The normalized spacial score (nSPS) is 21.9. The second-order valence-electron chi connectivity index (χ2n) is 9.42. The standard InChI is InChI=1S/C25H27NO5Si/c1-6-14-10-11-15-18(25(14,13-26)31-32(3,4)5)12-17-21(23(15)28)24(29)20-16(22(17)27)8-7-9-19(20)30-2/h7-9,12,14,28H,6,10-11H2,1-5H3. The van der Waals surface area contributed by atoms with E-state index in [2.05, 4.69) is 6.07 Å². The van der Waals surface area contributed by atoms with E-state index in [1.165, 1.54) is 7.11 Å². The van der Waals surface area contributed by atoms with E-state index < -0.39 is 19.7 Å². The third-order valence-corrected chi connectivity index (χ3v) is 7.37. The fourth-order valence-corrected chi connectivity index (χ4v) is 6.41. The number of hydrogen-bond donors (Lipinski definition) is 1. The van der Waals surface area contributed by atoms with E-state index in [9.17, 15) is 20.0 Å². The predicted octanol–water partition coefficient (Wildman–Crippen LogP) is 4.72. The monoisotopic (exact) mass is 449 g/mol. The number of ether oxygens (including phenoxy) is 1. The van der Waals surface area contributed by atoms with E-state index in [0.29, 0.717) is 29.7 Å². The van der Waals surface area contributed by atoms with Crippen LogP contribution >= 0.6 is 0 Å². The van der Waals surface area contributed by atoms with Crippen molar-refractivity contribution in [3.8, 4) is 17.6 Å². The number of nitrogens with zero attached hydrogens (tertiary/aromatic N) is 1. The molecule has 2 aromatic carbocycles. The van der Waals surface area contributed by atoms with Crippen molar-refractivity contribution in [2.45, 2.75) is 51.4 Å². The molecule has 0 fully saturated rings. The number of rotatable bonds is 4. The van der Waals surface area contributed by atoms with Gasteiger partial charge in [0, 0.05) is 28.2 Å². The molecule has 0 aromatic heterocycles. The van der Waals surface area contributed by atoms with Crippen LogP contribution in [0.5, 0.6) is 11.5 Å². The molecule has 166 valence electrons. The highest BCUT2D eigenvalue weighted by Crippen LogP contribution is 2.50. The van der Waals surface area contributed by atoms with Crippen molar-refractivity contribution in [2.24, 2.45) is 5.92 Å². The zero-order chi connectivity index (χ0) is 23.4. The quantitative estimate of drug-likeness (QED) is 0.579. The summed E-state index contributed by atoms with van der Waals surface area (Å²) >= 11 is 0. The number of ketones is 2. The van der Waals surface area contributed by atoms with E-state index in [-0.39, 0.29) is 39.7 Å². The number of phenolic OH excluding ortho intramolecular Hbond substituents is 1. The molecule has 6 nitrogen and oxygen atoms in total. The first kappa shape index (κ1) is 22.2. The van der Waals surface area contributed by atoms with Gasteiger partial charge in [-0.25, -0.2) is 0 Å². The second-order valence-corrected chi connectivity index (χ2v) is 13.8. The summed E-state index contributed by atoms with van der Waals surface area (Å²) in [7, 11) is -0.750. The van der Waals surface area contributed by atoms with Crippen LogP contribution in [0.2, 0.25) is 19.6 Å². The highest BCUT2D eigenvalue weighted by Gasteiger charge is 2.50. The van der Waals surface area contributed by atoms with E-state index in [1.807, 2.05) is 26.6 Å². The molecule has 0 aliphatic heterocycles. The number of fused-ring (bicyclic) bond motifs is 3. The van der Waals surface area contributed by atoms with Crippen molar-refractivity contribution in [3.63, 3.8) is 0 Å². The van der Waals surface area contributed by atoms with Crippen LogP contribution in [-0.2, 0) is 16.4 Å². The Balaban J connectivity index is 2.02. The topological polar surface area (TPSA) is 96.6 Å². The van der Waals surface area contributed by atoms with Crippen LogP contribution < -0.4 is 4.74 Å². The van der Waals surface area contributed by atoms with E-state index in [0.717, 1.165) is 6.42 Å². The van der Waals surface area contributed by atoms with Gasteiger partial charge in [0.15, 0.2) is 19.7 Å². The molecule has 0 saturated carbocycles. The lowest BCUT2D eigenvalue weighted by atomic mass is 9.68. The van der Waals surface area contributed by atoms with Crippen LogP contribution in [0.25, 0.3) is 0 Å². The Kier molecular flexibility index (Phi) is 5.27. The van der Waals surface area contributed by atoms with E-state index in [4.69, 9.17) is 9.16 Å². The van der Waals surface area contributed by atoms with Crippen LogP contribution in [0, 0.1) is 17.2 Å². The number of nitriles is 1.